The third-order valence-corrected chi connectivity index (χ3v) is 5.07. The number of ether oxygens (including phenoxy) is 1. The number of anilines is 3. The second kappa shape index (κ2) is 10.2. The van der Waals surface area contributed by atoms with Crippen LogP contribution in [0.15, 0.2) is 61.6 Å². The van der Waals surface area contributed by atoms with Gasteiger partial charge in [-0.3, -0.25) is 19.5 Å². The van der Waals surface area contributed by atoms with E-state index in [2.05, 4.69) is 22.2 Å². The Hall–Kier alpha value is -4.51. The molecule has 0 radical (unpaired) electrons. The van der Waals surface area contributed by atoms with Crippen LogP contribution in [0.25, 0.3) is 10.9 Å². The number of rotatable bonds is 6. The molecule has 0 bridgehead atoms. The minimum Gasteiger partial charge on any atom is -0.445 e. The smallest absolute Gasteiger partial charge is 0.411 e. The molecule has 0 spiro atoms. The molecule has 4 aromatic rings. The Bertz CT molecular complexity index is 1430. The molecule has 4 rings (SSSR count). The van der Waals surface area contributed by atoms with Crippen LogP contribution in [0.1, 0.15) is 21.1 Å². The molecule has 0 unspecified atom stereocenters. The highest BCUT2D eigenvalue weighted by Crippen LogP contribution is 2.23. The van der Waals surface area contributed by atoms with Gasteiger partial charge < -0.3 is 24.9 Å². The zero-order valence-corrected chi connectivity index (χ0v) is 19.8. The van der Waals surface area contributed by atoms with Crippen LogP contribution in [0, 0.1) is 0 Å². The van der Waals surface area contributed by atoms with Gasteiger partial charge in [0.25, 0.3) is 11.8 Å². The lowest BCUT2D eigenvalue weighted by molar-refractivity contribution is 0.0955. The molecule has 1 aromatic carbocycles. The maximum Gasteiger partial charge on any atom is 0.411 e. The number of nitrogens with zero attached hydrogens (tertiary/aromatic N) is 4. The maximum absolute atomic E-state index is 13.2. The fourth-order valence-corrected chi connectivity index (χ4v) is 3.54. The molecule has 0 saturated carbocycles. The zero-order valence-electron chi connectivity index (χ0n) is 19.0. The SMILES string of the molecule is C=CCOC(=O)Nc1ccc2c(ccn2C(=O)c2cc(NC(=O)c3nc(N)cn3C)cn2C)c1.Cl. The van der Waals surface area contributed by atoms with Crippen LogP contribution in [0.4, 0.5) is 22.0 Å². The van der Waals surface area contributed by atoms with Crippen LogP contribution >= 0.6 is 12.4 Å². The maximum atomic E-state index is 13.2. The van der Waals surface area contributed by atoms with Gasteiger partial charge in [-0.15, -0.1) is 12.4 Å². The van der Waals surface area contributed by atoms with Crippen molar-refractivity contribution in [2.24, 2.45) is 14.1 Å². The molecule has 0 aliphatic rings. The second-order valence-electron chi connectivity index (χ2n) is 7.56. The van der Waals surface area contributed by atoms with E-state index in [-0.39, 0.29) is 36.6 Å². The molecule has 0 fully saturated rings. The number of hydrogen-bond acceptors (Lipinski definition) is 6. The molecule has 0 atom stereocenters. The summed E-state index contributed by atoms with van der Waals surface area (Å²) in [5.74, 6) is -0.335. The van der Waals surface area contributed by atoms with Gasteiger partial charge in [0.1, 0.15) is 18.1 Å². The van der Waals surface area contributed by atoms with Gasteiger partial charge in [0.2, 0.25) is 5.82 Å². The number of nitrogens with one attached hydrogen (secondary N) is 2. The Morgan fingerprint density at radius 2 is 1.86 bits per heavy atom. The Morgan fingerprint density at radius 3 is 2.54 bits per heavy atom. The third-order valence-electron chi connectivity index (χ3n) is 5.07. The summed E-state index contributed by atoms with van der Waals surface area (Å²) in [4.78, 5) is 41.5. The summed E-state index contributed by atoms with van der Waals surface area (Å²) in [6, 6.07) is 8.50. The van der Waals surface area contributed by atoms with Gasteiger partial charge in [-0.2, -0.15) is 0 Å². The highest BCUT2D eigenvalue weighted by Gasteiger charge is 2.19. The number of nitrogens with two attached hydrogens (primary N) is 1. The Labute approximate surface area is 206 Å². The predicted octanol–water partition coefficient (Wildman–Crippen LogP) is 3.39. The largest absolute Gasteiger partial charge is 0.445 e. The van der Waals surface area contributed by atoms with E-state index in [4.69, 9.17) is 10.5 Å². The quantitative estimate of drug-likeness (QED) is 0.349. The van der Waals surface area contributed by atoms with Gasteiger partial charge >= 0.3 is 6.09 Å². The summed E-state index contributed by atoms with van der Waals surface area (Å²) in [6.45, 7) is 3.60. The number of aromatic nitrogens is 4. The molecule has 35 heavy (non-hydrogen) atoms. The highest BCUT2D eigenvalue weighted by molar-refractivity contribution is 6.05. The van der Waals surface area contributed by atoms with Gasteiger partial charge in [0.05, 0.1) is 11.2 Å². The number of hydrogen-bond donors (Lipinski definition) is 3. The molecule has 0 aliphatic carbocycles. The summed E-state index contributed by atoms with van der Waals surface area (Å²) in [6.07, 6.45) is 5.70. The minimum atomic E-state index is -0.596. The Morgan fingerprint density at radius 1 is 1.09 bits per heavy atom. The summed E-state index contributed by atoms with van der Waals surface area (Å²) >= 11 is 0. The van der Waals surface area contributed by atoms with E-state index in [9.17, 15) is 14.4 Å². The lowest BCUT2D eigenvalue weighted by atomic mass is 10.2. The standard InChI is InChI=1S/C23H23N7O4.ClH/c1-4-9-34-23(33)26-15-5-6-17-14(10-15)7-8-30(17)22(32)18-11-16(12-28(18)2)25-21(31)20-27-19(24)13-29(20)3;/h4-8,10-13H,1,9,24H2,2-3H3,(H,25,31)(H,26,33);1H. The summed E-state index contributed by atoms with van der Waals surface area (Å²) in [5, 5.41) is 6.11. The van der Waals surface area contributed by atoms with Gasteiger partial charge in [0.15, 0.2) is 0 Å². The van der Waals surface area contributed by atoms with Crippen molar-refractivity contribution in [2.45, 2.75) is 0 Å². The molecular weight excluding hydrogens is 474 g/mol. The zero-order chi connectivity index (χ0) is 24.4. The first kappa shape index (κ1) is 25.1. The monoisotopic (exact) mass is 497 g/mol. The van der Waals surface area contributed by atoms with Crippen LogP contribution in [0.3, 0.4) is 0 Å². The molecule has 2 amide bonds. The van der Waals surface area contributed by atoms with Gasteiger partial charge in [0, 0.05) is 43.8 Å². The lowest BCUT2D eigenvalue weighted by Crippen LogP contribution is -2.16. The summed E-state index contributed by atoms with van der Waals surface area (Å²) in [5.41, 5.74) is 7.63. The van der Waals surface area contributed by atoms with Gasteiger partial charge in [-0.05, 0) is 30.3 Å². The fraction of sp³-hybridized carbons (Fsp3) is 0.130. The summed E-state index contributed by atoms with van der Waals surface area (Å²) < 4.78 is 9.56. The van der Waals surface area contributed by atoms with Gasteiger partial charge in [-0.1, -0.05) is 12.7 Å². The van der Waals surface area contributed by atoms with Crippen LogP contribution in [-0.4, -0.2) is 43.2 Å². The number of imidazole rings is 1. The van der Waals surface area contributed by atoms with Crippen molar-refractivity contribution in [3.8, 4) is 0 Å². The Kier molecular flexibility index (Phi) is 7.31. The molecular formula is C23H24ClN7O4. The normalized spacial score (nSPS) is 10.5. The fourth-order valence-electron chi connectivity index (χ4n) is 3.54. The van der Waals surface area contributed by atoms with Crippen LogP contribution in [-0.2, 0) is 18.8 Å². The van der Waals surface area contributed by atoms with Crippen molar-refractivity contribution < 1.29 is 19.1 Å². The second-order valence-corrected chi connectivity index (χ2v) is 7.56. The van der Waals surface area contributed by atoms with Crippen LogP contribution in [0.5, 0.6) is 0 Å². The van der Waals surface area contributed by atoms with Crippen molar-refractivity contribution in [1.82, 2.24) is 18.7 Å². The molecule has 0 aliphatic heterocycles. The molecule has 12 heteroatoms. The van der Waals surface area contributed by atoms with Crippen molar-refractivity contribution in [3.05, 3.63) is 73.1 Å². The average molecular weight is 498 g/mol. The molecule has 0 saturated heterocycles. The van der Waals surface area contributed by atoms with E-state index in [1.807, 2.05) is 0 Å². The minimum absolute atomic E-state index is 0. The number of amides is 2. The molecule has 3 aromatic heterocycles. The first-order chi connectivity index (χ1) is 16.3. The van der Waals surface area contributed by atoms with Crippen molar-refractivity contribution in [2.75, 3.05) is 23.0 Å². The summed E-state index contributed by atoms with van der Waals surface area (Å²) in [7, 11) is 3.38. The predicted molar refractivity (Wildman–Crippen MR) is 135 cm³/mol. The molecule has 182 valence electrons. The van der Waals surface area contributed by atoms with E-state index in [1.54, 1.807) is 61.4 Å². The topological polar surface area (TPSA) is 138 Å². The Balaban J connectivity index is 0.00000342. The molecule has 4 N–H and O–H groups in total. The first-order valence-electron chi connectivity index (χ1n) is 10.2. The van der Waals surface area contributed by atoms with E-state index in [0.717, 1.165) is 5.39 Å². The molecule has 3 heterocycles. The van der Waals surface area contributed by atoms with Crippen molar-refractivity contribution >= 4 is 58.4 Å². The third kappa shape index (κ3) is 5.20. The van der Waals surface area contributed by atoms with Crippen molar-refractivity contribution in [1.29, 1.82) is 0 Å². The van der Waals surface area contributed by atoms with Crippen LogP contribution in [0.2, 0.25) is 0 Å². The number of nitrogen functional groups attached to an aromatic ring is 1. The number of carbonyl (C=O) groups excluding carboxylic acids is 3. The number of carbonyl (C=O) groups is 3. The van der Waals surface area contributed by atoms with Crippen LogP contribution < -0.4 is 16.4 Å². The number of fused-ring (bicyclic) bond motifs is 1. The van der Waals surface area contributed by atoms with E-state index >= 15 is 0 Å². The van der Waals surface area contributed by atoms with E-state index in [0.29, 0.717) is 22.6 Å². The van der Waals surface area contributed by atoms with Gasteiger partial charge in [-0.25, -0.2) is 9.78 Å². The highest BCUT2D eigenvalue weighted by atomic mass is 35.5. The number of benzene rings is 1. The number of aryl methyl sites for hydroxylation is 2. The van der Waals surface area contributed by atoms with Crippen molar-refractivity contribution in [3.63, 3.8) is 0 Å². The first-order valence-corrected chi connectivity index (χ1v) is 10.2. The van der Waals surface area contributed by atoms with E-state index < -0.39 is 12.0 Å². The van der Waals surface area contributed by atoms with E-state index in [1.165, 1.54) is 21.4 Å². The molecule has 11 nitrogen and oxygen atoms in total. The lowest BCUT2D eigenvalue weighted by Gasteiger charge is -2.07. The number of halogens is 1. The average Bonchev–Trinajstić information content (AvgIpc) is 3.47.